The van der Waals surface area contributed by atoms with Gasteiger partial charge in [0.25, 0.3) is 0 Å². The number of aryl methyl sites for hydroxylation is 2. The summed E-state index contributed by atoms with van der Waals surface area (Å²) >= 11 is 0. The molecule has 0 bridgehead atoms. The molecule has 0 saturated heterocycles. The van der Waals surface area contributed by atoms with Crippen molar-refractivity contribution in [2.45, 2.75) is 78.7 Å². The van der Waals surface area contributed by atoms with Gasteiger partial charge in [-0.15, -0.1) is 0 Å². The van der Waals surface area contributed by atoms with Crippen LogP contribution in [0.4, 0.5) is 0 Å². The number of benzene rings is 2. The Kier molecular flexibility index (Phi) is 6.84. The first-order valence-electron chi connectivity index (χ1n) is 9.70. The number of aliphatic hydroxyl groups is 1. The summed E-state index contributed by atoms with van der Waals surface area (Å²) in [6.45, 7) is 11.2. The molecule has 0 saturated carbocycles. The van der Waals surface area contributed by atoms with Crippen molar-refractivity contribution in [2.75, 3.05) is 0 Å². The predicted octanol–water partition coefficient (Wildman–Crippen LogP) is 6.71. The van der Waals surface area contributed by atoms with Gasteiger partial charge in [0.15, 0.2) is 0 Å². The molecule has 25 heavy (non-hydrogen) atoms. The monoisotopic (exact) mass is 338 g/mol. The highest BCUT2D eigenvalue weighted by Gasteiger charge is 2.21. The van der Waals surface area contributed by atoms with E-state index >= 15 is 0 Å². The van der Waals surface area contributed by atoms with E-state index in [4.69, 9.17) is 0 Å². The number of hydrogen-bond donors (Lipinski definition) is 1. The Morgan fingerprint density at radius 2 is 1.56 bits per heavy atom. The largest absolute Gasteiger partial charge is 0.392 e. The van der Waals surface area contributed by atoms with E-state index in [0.717, 1.165) is 11.1 Å². The Morgan fingerprint density at radius 3 is 2.16 bits per heavy atom. The molecule has 0 spiro atoms. The maximum absolute atomic E-state index is 9.95. The Balaban J connectivity index is 2.29. The van der Waals surface area contributed by atoms with Crippen molar-refractivity contribution in [3.63, 3.8) is 0 Å². The first kappa shape index (κ1) is 19.7. The SMILES string of the molecule is CCCCCCC(C)(C)c1ccc(-c2cc(C)cc(C)c2)c(CO)c1. The smallest absolute Gasteiger partial charge is 0.0687 e. The average Bonchev–Trinajstić information content (AvgIpc) is 2.57. The molecule has 0 aliphatic rings. The van der Waals surface area contributed by atoms with Crippen molar-refractivity contribution >= 4 is 0 Å². The maximum Gasteiger partial charge on any atom is 0.0687 e. The summed E-state index contributed by atoms with van der Waals surface area (Å²) in [4.78, 5) is 0. The standard InChI is InChI=1S/C24H34O/c1-6-7-8-9-12-24(4,5)22-10-11-23(21(16-22)17-25)20-14-18(2)13-19(3)15-20/h10-11,13-16,25H,6-9,12,17H2,1-5H3. The van der Waals surface area contributed by atoms with Gasteiger partial charge < -0.3 is 5.11 Å². The molecule has 136 valence electrons. The highest BCUT2D eigenvalue weighted by molar-refractivity contribution is 5.69. The van der Waals surface area contributed by atoms with Crippen molar-refractivity contribution in [2.24, 2.45) is 0 Å². The zero-order chi connectivity index (χ0) is 18.4. The zero-order valence-corrected chi connectivity index (χ0v) is 16.7. The summed E-state index contributed by atoms with van der Waals surface area (Å²) in [5, 5.41) is 9.95. The van der Waals surface area contributed by atoms with Crippen LogP contribution in [0.2, 0.25) is 0 Å². The van der Waals surface area contributed by atoms with Gasteiger partial charge >= 0.3 is 0 Å². The van der Waals surface area contributed by atoms with Crippen LogP contribution in [-0.2, 0) is 12.0 Å². The Bertz CT molecular complexity index is 677. The van der Waals surface area contributed by atoms with Crippen molar-refractivity contribution in [3.05, 3.63) is 58.7 Å². The van der Waals surface area contributed by atoms with Crippen molar-refractivity contribution in [1.82, 2.24) is 0 Å². The minimum absolute atomic E-state index is 0.0854. The highest BCUT2D eigenvalue weighted by atomic mass is 16.3. The molecular weight excluding hydrogens is 304 g/mol. The Labute approximate surface area is 154 Å². The summed E-state index contributed by atoms with van der Waals surface area (Å²) in [6, 6.07) is 13.3. The Hall–Kier alpha value is -1.60. The molecule has 1 heteroatoms. The van der Waals surface area contributed by atoms with Gasteiger partial charge in [0.2, 0.25) is 0 Å². The third kappa shape index (κ3) is 5.19. The fourth-order valence-corrected chi connectivity index (χ4v) is 3.70. The van der Waals surface area contributed by atoms with E-state index in [0.29, 0.717) is 0 Å². The molecule has 1 nitrogen and oxygen atoms in total. The van der Waals surface area contributed by atoms with Crippen LogP contribution < -0.4 is 0 Å². The minimum atomic E-state index is 0.0854. The van der Waals surface area contributed by atoms with Crippen molar-refractivity contribution < 1.29 is 5.11 Å². The molecule has 0 fully saturated rings. The molecule has 1 N–H and O–H groups in total. The van der Waals surface area contributed by atoms with Gasteiger partial charge in [0, 0.05) is 0 Å². The lowest BCUT2D eigenvalue weighted by atomic mass is 9.78. The first-order chi connectivity index (χ1) is 11.9. The predicted molar refractivity (Wildman–Crippen MR) is 109 cm³/mol. The van der Waals surface area contributed by atoms with Crippen molar-refractivity contribution in [1.29, 1.82) is 0 Å². The van der Waals surface area contributed by atoms with Crippen LogP contribution in [0.5, 0.6) is 0 Å². The lowest BCUT2D eigenvalue weighted by Gasteiger charge is -2.26. The average molecular weight is 339 g/mol. The molecule has 0 aromatic heterocycles. The Morgan fingerprint density at radius 1 is 0.880 bits per heavy atom. The van der Waals surface area contributed by atoms with Gasteiger partial charge in [0.1, 0.15) is 0 Å². The van der Waals surface area contributed by atoms with E-state index in [1.165, 1.54) is 54.4 Å². The summed E-state index contributed by atoms with van der Waals surface area (Å²) in [6.07, 6.45) is 6.38. The second-order valence-corrected chi connectivity index (χ2v) is 8.10. The molecule has 0 atom stereocenters. The second-order valence-electron chi connectivity index (χ2n) is 8.10. The van der Waals surface area contributed by atoms with Crippen LogP contribution in [-0.4, -0.2) is 5.11 Å². The number of unbranched alkanes of at least 4 members (excludes halogenated alkanes) is 3. The maximum atomic E-state index is 9.95. The third-order valence-electron chi connectivity index (χ3n) is 5.25. The van der Waals surface area contributed by atoms with E-state index in [9.17, 15) is 5.11 Å². The highest BCUT2D eigenvalue weighted by Crippen LogP contribution is 2.34. The molecule has 0 unspecified atom stereocenters. The third-order valence-corrected chi connectivity index (χ3v) is 5.25. The summed E-state index contributed by atoms with van der Waals surface area (Å²) < 4.78 is 0. The van der Waals surface area contributed by atoms with Crippen LogP contribution in [0.3, 0.4) is 0 Å². The minimum Gasteiger partial charge on any atom is -0.392 e. The van der Waals surface area contributed by atoms with Gasteiger partial charge in [0.05, 0.1) is 6.61 Å². The van der Waals surface area contributed by atoms with Crippen LogP contribution in [0.15, 0.2) is 36.4 Å². The van der Waals surface area contributed by atoms with Gasteiger partial charge in [-0.2, -0.15) is 0 Å². The fraction of sp³-hybridized carbons (Fsp3) is 0.500. The number of hydrogen-bond acceptors (Lipinski definition) is 1. The lowest BCUT2D eigenvalue weighted by molar-refractivity contribution is 0.282. The molecule has 0 radical (unpaired) electrons. The molecule has 0 heterocycles. The topological polar surface area (TPSA) is 20.2 Å². The van der Waals surface area contributed by atoms with E-state index in [-0.39, 0.29) is 12.0 Å². The van der Waals surface area contributed by atoms with E-state index in [1.54, 1.807) is 0 Å². The van der Waals surface area contributed by atoms with E-state index in [2.05, 4.69) is 71.0 Å². The second kappa shape index (κ2) is 8.67. The van der Waals surface area contributed by atoms with E-state index in [1.807, 2.05) is 0 Å². The first-order valence-corrected chi connectivity index (χ1v) is 9.70. The molecule has 2 aromatic carbocycles. The number of rotatable bonds is 8. The van der Waals surface area contributed by atoms with Crippen molar-refractivity contribution in [3.8, 4) is 11.1 Å². The summed E-state index contributed by atoms with van der Waals surface area (Å²) in [7, 11) is 0. The molecule has 2 aromatic rings. The molecule has 0 aliphatic carbocycles. The van der Waals surface area contributed by atoms with Gasteiger partial charge in [-0.25, -0.2) is 0 Å². The number of aliphatic hydroxyl groups excluding tert-OH is 1. The van der Waals surface area contributed by atoms with Gasteiger partial charge in [-0.3, -0.25) is 0 Å². The van der Waals surface area contributed by atoms with E-state index < -0.39 is 0 Å². The van der Waals surface area contributed by atoms with Crippen LogP contribution in [0.25, 0.3) is 11.1 Å². The fourth-order valence-electron chi connectivity index (χ4n) is 3.70. The molecule has 0 aliphatic heterocycles. The van der Waals surface area contributed by atoms with Gasteiger partial charge in [-0.1, -0.05) is 94.0 Å². The molecule has 2 rings (SSSR count). The summed E-state index contributed by atoms with van der Waals surface area (Å²) in [5.74, 6) is 0. The zero-order valence-electron chi connectivity index (χ0n) is 16.7. The summed E-state index contributed by atoms with van der Waals surface area (Å²) in [5.41, 5.74) is 7.40. The molecule has 0 amide bonds. The quantitative estimate of drug-likeness (QED) is 0.530. The lowest BCUT2D eigenvalue weighted by Crippen LogP contribution is -2.17. The van der Waals surface area contributed by atoms with Crippen LogP contribution >= 0.6 is 0 Å². The normalized spacial score (nSPS) is 11.8. The van der Waals surface area contributed by atoms with Crippen LogP contribution in [0, 0.1) is 13.8 Å². The molecular formula is C24H34O. The van der Waals surface area contributed by atoms with Crippen LogP contribution in [0.1, 0.15) is 75.1 Å². The van der Waals surface area contributed by atoms with Gasteiger partial charge in [-0.05, 0) is 47.9 Å².